The Morgan fingerprint density at radius 3 is 3.14 bits per heavy atom. The predicted octanol–water partition coefficient (Wildman–Crippen LogP) is 2.19. The maximum Gasteiger partial charge on any atom is 0.304 e. The van der Waals surface area contributed by atoms with Gasteiger partial charge in [0.15, 0.2) is 0 Å². The van der Waals surface area contributed by atoms with Gasteiger partial charge in [0, 0.05) is 30.6 Å². The van der Waals surface area contributed by atoms with Crippen LogP contribution in [0.4, 0.5) is 0 Å². The van der Waals surface area contributed by atoms with Crippen molar-refractivity contribution in [3.8, 4) is 0 Å². The van der Waals surface area contributed by atoms with Gasteiger partial charge in [0.25, 0.3) is 0 Å². The molecule has 0 aliphatic carbocycles. The highest BCUT2D eigenvalue weighted by Crippen LogP contribution is 2.30. The molecule has 5 heteroatoms. The maximum absolute atomic E-state index is 11.0. The van der Waals surface area contributed by atoms with E-state index in [9.17, 15) is 4.79 Å². The minimum Gasteiger partial charge on any atom is -0.481 e. The zero-order valence-corrected chi connectivity index (χ0v) is 12.8. The smallest absolute Gasteiger partial charge is 0.304 e. The summed E-state index contributed by atoms with van der Waals surface area (Å²) in [7, 11) is 0. The van der Waals surface area contributed by atoms with Gasteiger partial charge in [-0.1, -0.05) is 24.3 Å². The van der Waals surface area contributed by atoms with Crippen molar-refractivity contribution in [2.24, 2.45) is 0 Å². The second-order valence-electron chi connectivity index (χ2n) is 5.63. The van der Waals surface area contributed by atoms with Crippen LogP contribution in [0, 0.1) is 0 Å². The van der Waals surface area contributed by atoms with E-state index in [1.165, 1.54) is 11.1 Å². The monoisotopic (exact) mass is 307 g/mol. The highest BCUT2D eigenvalue weighted by Gasteiger charge is 2.29. The molecule has 2 heterocycles. The Kier molecular flexibility index (Phi) is 4.83. The van der Waals surface area contributed by atoms with Crippen molar-refractivity contribution < 1.29 is 14.6 Å². The lowest BCUT2D eigenvalue weighted by atomic mass is 9.97. The molecule has 0 bridgehead atoms. The summed E-state index contributed by atoms with van der Waals surface area (Å²) in [5.74, 6) is 1.27. The molecule has 2 aliphatic heterocycles. The molecule has 0 saturated carbocycles. The Labute approximate surface area is 129 Å². The van der Waals surface area contributed by atoms with Crippen molar-refractivity contribution in [2.45, 2.75) is 25.0 Å². The van der Waals surface area contributed by atoms with Crippen molar-refractivity contribution >= 4 is 17.7 Å². The molecule has 0 aromatic heterocycles. The van der Waals surface area contributed by atoms with Crippen LogP contribution < -0.4 is 0 Å². The Morgan fingerprint density at radius 2 is 2.29 bits per heavy atom. The van der Waals surface area contributed by atoms with Crippen LogP contribution in [0.25, 0.3) is 0 Å². The van der Waals surface area contributed by atoms with Crippen LogP contribution in [0.5, 0.6) is 0 Å². The van der Waals surface area contributed by atoms with Crippen LogP contribution in [0.15, 0.2) is 24.3 Å². The Bertz CT molecular complexity index is 508. The van der Waals surface area contributed by atoms with Crippen molar-refractivity contribution in [3.05, 3.63) is 35.4 Å². The van der Waals surface area contributed by atoms with Crippen LogP contribution in [0.1, 0.15) is 23.7 Å². The number of aliphatic carboxylic acids is 1. The molecule has 2 unspecified atom stereocenters. The number of ether oxygens (including phenoxy) is 1. The van der Waals surface area contributed by atoms with Gasteiger partial charge in [0.2, 0.25) is 0 Å². The number of hydrogen-bond donors (Lipinski definition) is 1. The quantitative estimate of drug-likeness (QED) is 0.924. The van der Waals surface area contributed by atoms with Gasteiger partial charge in [0.05, 0.1) is 19.1 Å². The van der Waals surface area contributed by atoms with Gasteiger partial charge < -0.3 is 9.84 Å². The van der Waals surface area contributed by atoms with Gasteiger partial charge in [-0.3, -0.25) is 9.69 Å². The van der Waals surface area contributed by atoms with Gasteiger partial charge in [-0.15, -0.1) is 0 Å². The minimum absolute atomic E-state index is 0.0781. The van der Waals surface area contributed by atoms with Crippen molar-refractivity contribution in [2.75, 3.05) is 31.2 Å². The van der Waals surface area contributed by atoms with Crippen LogP contribution in [0.2, 0.25) is 0 Å². The number of carbonyl (C=O) groups is 1. The fourth-order valence-corrected chi connectivity index (χ4v) is 4.29. The molecule has 114 valence electrons. The Balaban J connectivity index is 1.72. The van der Waals surface area contributed by atoms with E-state index in [2.05, 4.69) is 29.2 Å². The van der Waals surface area contributed by atoms with Crippen LogP contribution in [-0.2, 0) is 16.0 Å². The molecule has 2 aliphatic rings. The van der Waals surface area contributed by atoms with Gasteiger partial charge in [-0.25, -0.2) is 0 Å². The summed E-state index contributed by atoms with van der Waals surface area (Å²) < 4.78 is 5.96. The maximum atomic E-state index is 11.0. The van der Waals surface area contributed by atoms with Gasteiger partial charge >= 0.3 is 5.97 Å². The molecule has 1 aromatic rings. The molecule has 0 radical (unpaired) electrons. The van der Waals surface area contributed by atoms with Gasteiger partial charge in [-0.2, -0.15) is 11.8 Å². The van der Waals surface area contributed by atoms with Crippen LogP contribution in [-0.4, -0.2) is 53.2 Å². The van der Waals surface area contributed by atoms with E-state index >= 15 is 0 Å². The number of carboxylic acids is 1. The minimum atomic E-state index is -0.711. The number of benzene rings is 1. The number of carboxylic acid groups (broad SMARTS) is 1. The second-order valence-corrected chi connectivity index (χ2v) is 6.78. The number of fused-ring (bicyclic) bond motifs is 1. The number of nitrogens with zero attached hydrogens (tertiary/aromatic N) is 1. The second kappa shape index (κ2) is 6.81. The molecule has 1 N–H and O–H groups in total. The topological polar surface area (TPSA) is 49.8 Å². The Morgan fingerprint density at radius 1 is 1.43 bits per heavy atom. The SMILES string of the molecule is O=C(O)CC1CSCCN1CC1OCCc2ccccc21. The zero-order valence-electron chi connectivity index (χ0n) is 12.0. The molecule has 1 aromatic carbocycles. The largest absolute Gasteiger partial charge is 0.481 e. The van der Waals surface area contributed by atoms with E-state index in [-0.39, 0.29) is 18.6 Å². The first-order valence-electron chi connectivity index (χ1n) is 7.47. The first-order chi connectivity index (χ1) is 10.2. The summed E-state index contributed by atoms with van der Waals surface area (Å²) in [6, 6.07) is 8.57. The highest BCUT2D eigenvalue weighted by atomic mass is 32.2. The third-order valence-electron chi connectivity index (χ3n) is 4.25. The molecule has 1 fully saturated rings. The van der Waals surface area contributed by atoms with Gasteiger partial charge in [0.1, 0.15) is 0 Å². The summed E-state index contributed by atoms with van der Waals surface area (Å²) in [5.41, 5.74) is 2.64. The molecule has 4 nitrogen and oxygen atoms in total. The van der Waals surface area contributed by atoms with Crippen molar-refractivity contribution in [3.63, 3.8) is 0 Å². The fraction of sp³-hybridized carbons (Fsp3) is 0.562. The fourth-order valence-electron chi connectivity index (χ4n) is 3.16. The van der Waals surface area contributed by atoms with Crippen LogP contribution >= 0.6 is 11.8 Å². The van der Waals surface area contributed by atoms with E-state index in [0.29, 0.717) is 0 Å². The molecule has 21 heavy (non-hydrogen) atoms. The molecule has 3 rings (SSSR count). The van der Waals surface area contributed by atoms with Crippen molar-refractivity contribution in [1.29, 1.82) is 0 Å². The van der Waals surface area contributed by atoms with E-state index in [1.54, 1.807) is 0 Å². The molecule has 1 saturated heterocycles. The standard InChI is InChI=1S/C16H21NO3S/c18-16(19)9-13-11-21-8-6-17(13)10-15-14-4-2-1-3-12(14)5-7-20-15/h1-4,13,15H,5-11H2,(H,18,19). The third kappa shape index (κ3) is 3.59. The summed E-state index contributed by atoms with van der Waals surface area (Å²) >= 11 is 1.85. The average molecular weight is 307 g/mol. The number of thioether (sulfide) groups is 1. The summed E-state index contributed by atoms with van der Waals surface area (Å²) in [5, 5.41) is 9.08. The zero-order chi connectivity index (χ0) is 14.7. The lowest BCUT2D eigenvalue weighted by Crippen LogP contribution is -2.46. The number of hydrogen-bond acceptors (Lipinski definition) is 4. The summed E-state index contributed by atoms with van der Waals surface area (Å²) in [4.78, 5) is 13.3. The van der Waals surface area contributed by atoms with E-state index in [0.717, 1.165) is 37.6 Å². The van der Waals surface area contributed by atoms with Crippen LogP contribution in [0.3, 0.4) is 0 Å². The lowest BCUT2D eigenvalue weighted by Gasteiger charge is -2.38. The Hall–Kier alpha value is -1.04. The first-order valence-corrected chi connectivity index (χ1v) is 8.62. The van der Waals surface area contributed by atoms with Crippen molar-refractivity contribution in [1.82, 2.24) is 4.90 Å². The first kappa shape index (κ1) is 14.9. The molecule has 2 atom stereocenters. The third-order valence-corrected chi connectivity index (χ3v) is 5.34. The van der Waals surface area contributed by atoms with E-state index in [1.807, 2.05) is 11.8 Å². The highest BCUT2D eigenvalue weighted by molar-refractivity contribution is 7.99. The molecule has 0 spiro atoms. The molecular formula is C16H21NO3S. The molecular weight excluding hydrogens is 286 g/mol. The van der Waals surface area contributed by atoms with Gasteiger partial charge in [-0.05, 0) is 17.5 Å². The normalized spacial score (nSPS) is 26.3. The predicted molar refractivity (Wildman–Crippen MR) is 83.8 cm³/mol. The van der Waals surface area contributed by atoms with E-state index < -0.39 is 5.97 Å². The summed E-state index contributed by atoms with van der Waals surface area (Å²) in [6.45, 7) is 2.51. The lowest BCUT2D eigenvalue weighted by molar-refractivity contribution is -0.138. The van der Waals surface area contributed by atoms with E-state index in [4.69, 9.17) is 9.84 Å². The molecule has 0 amide bonds. The average Bonchev–Trinajstić information content (AvgIpc) is 2.49. The number of rotatable bonds is 4. The summed E-state index contributed by atoms with van der Waals surface area (Å²) in [6.07, 6.45) is 1.27.